The number of nitrogens with zero attached hydrogens (tertiary/aromatic N) is 1. The number of aromatic amines is 1. The molecule has 0 saturated carbocycles. The molecule has 0 aliphatic rings. The largest absolute Gasteiger partial charge is 0.465 e. The summed E-state index contributed by atoms with van der Waals surface area (Å²) in [6, 6.07) is 5.48. The lowest BCUT2D eigenvalue weighted by molar-refractivity contribution is -0.148. The maximum Gasteiger partial charge on any atom is 0.335 e. The van der Waals surface area contributed by atoms with E-state index in [1.807, 2.05) is 18.3 Å². The molecule has 1 aromatic carbocycles. The van der Waals surface area contributed by atoms with Crippen LogP contribution in [0.3, 0.4) is 0 Å². The Labute approximate surface area is 182 Å². The Morgan fingerprint density at radius 2 is 1.74 bits per heavy atom. The third kappa shape index (κ3) is 7.94. The van der Waals surface area contributed by atoms with Crippen molar-refractivity contribution >= 4 is 33.1 Å². The van der Waals surface area contributed by atoms with Gasteiger partial charge in [-0.2, -0.15) is 13.1 Å². The third-order valence-electron chi connectivity index (χ3n) is 4.48. The van der Waals surface area contributed by atoms with Gasteiger partial charge in [0.2, 0.25) is 0 Å². The van der Waals surface area contributed by atoms with E-state index in [0.717, 1.165) is 16.5 Å². The zero-order valence-corrected chi connectivity index (χ0v) is 18.8. The Morgan fingerprint density at radius 1 is 1.10 bits per heavy atom. The molecule has 1 heterocycles. The molecule has 2 rings (SSSR count). The normalized spacial score (nSPS) is 11.7. The molecule has 0 unspecified atom stereocenters. The van der Waals surface area contributed by atoms with Crippen LogP contribution in [0.25, 0.3) is 10.9 Å². The highest BCUT2D eigenvalue weighted by Gasteiger charge is 2.17. The highest BCUT2D eigenvalue weighted by Crippen LogP contribution is 2.21. The monoisotopic (exact) mass is 455 g/mol. The minimum absolute atomic E-state index is 0.0179. The second kappa shape index (κ2) is 11.8. The number of fused-ring (bicyclic) bond motifs is 1. The fourth-order valence-electron chi connectivity index (χ4n) is 3.00. The van der Waals surface area contributed by atoms with Crippen LogP contribution in [0.1, 0.15) is 25.0 Å². The van der Waals surface area contributed by atoms with Gasteiger partial charge in [0.1, 0.15) is 0 Å². The van der Waals surface area contributed by atoms with Gasteiger partial charge in [-0.1, -0.05) is 6.07 Å². The van der Waals surface area contributed by atoms with Gasteiger partial charge in [-0.3, -0.25) is 18.7 Å². The van der Waals surface area contributed by atoms with Gasteiger partial charge in [-0.15, -0.1) is 0 Å². The first-order valence-electron chi connectivity index (χ1n) is 9.98. The second-order valence-electron chi connectivity index (χ2n) is 6.68. The molecule has 0 radical (unpaired) electrons. The topological polar surface area (TPSA) is 127 Å². The van der Waals surface area contributed by atoms with Crippen molar-refractivity contribution in [2.75, 3.05) is 39.9 Å². The van der Waals surface area contributed by atoms with Crippen LogP contribution in [0.15, 0.2) is 24.4 Å². The molecule has 172 valence electrons. The first-order chi connectivity index (χ1) is 14.8. The van der Waals surface area contributed by atoms with Crippen molar-refractivity contribution in [1.29, 1.82) is 0 Å². The predicted octanol–water partition coefficient (Wildman–Crippen LogP) is 1.12. The van der Waals surface area contributed by atoms with Crippen molar-refractivity contribution in [1.82, 2.24) is 14.6 Å². The fourth-order valence-corrected chi connectivity index (χ4v) is 3.41. The molecule has 1 aromatic heterocycles. The van der Waals surface area contributed by atoms with E-state index in [1.165, 1.54) is 7.05 Å². The Hall–Kier alpha value is -2.47. The molecule has 0 fully saturated rings. The number of nitrogens with one attached hydrogen (secondary N) is 2. The zero-order chi connectivity index (χ0) is 22.9. The minimum atomic E-state index is -3.77. The number of benzene rings is 1. The SMILES string of the molecule is CCOC(=O)CN(CCc1c[nH]c2ccc(COS(=O)(=O)NC)cc12)CC(=O)OCC. The number of carbonyl (C=O) groups excluding carboxylic acids is 2. The molecule has 0 amide bonds. The van der Waals surface area contributed by atoms with Crippen molar-refractivity contribution in [3.8, 4) is 0 Å². The number of ether oxygens (including phenoxy) is 2. The summed E-state index contributed by atoms with van der Waals surface area (Å²) in [6.45, 7) is 4.28. The van der Waals surface area contributed by atoms with Gasteiger partial charge in [0.25, 0.3) is 0 Å². The van der Waals surface area contributed by atoms with Crippen LogP contribution in [0, 0.1) is 0 Å². The first kappa shape index (κ1) is 24.8. The first-order valence-corrected chi connectivity index (χ1v) is 11.4. The van der Waals surface area contributed by atoms with Crippen molar-refractivity contribution in [3.05, 3.63) is 35.5 Å². The van der Waals surface area contributed by atoms with Crippen molar-refractivity contribution in [2.24, 2.45) is 0 Å². The van der Waals surface area contributed by atoms with Gasteiger partial charge in [0.15, 0.2) is 0 Å². The van der Waals surface area contributed by atoms with E-state index in [-0.39, 0.29) is 32.9 Å². The number of H-pyrrole nitrogens is 1. The smallest absolute Gasteiger partial charge is 0.335 e. The van der Waals surface area contributed by atoms with Gasteiger partial charge >= 0.3 is 22.2 Å². The van der Waals surface area contributed by atoms with Crippen LogP contribution in [0.4, 0.5) is 0 Å². The third-order valence-corrected chi connectivity index (χ3v) is 5.40. The number of esters is 2. The summed E-state index contributed by atoms with van der Waals surface area (Å²) < 4.78 is 39.9. The number of aromatic nitrogens is 1. The molecule has 0 saturated heterocycles. The highest BCUT2D eigenvalue weighted by atomic mass is 32.2. The summed E-state index contributed by atoms with van der Waals surface area (Å²) >= 11 is 0. The standard InChI is InChI=1S/C20H29N3O7S/c1-4-28-19(24)12-23(13-20(25)29-5-2)9-8-16-11-22-18-7-6-15(10-17(16)18)14-30-31(26,27)21-3/h6-7,10-11,21-22H,4-5,8-9,12-14H2,1-3H3. The van der Waals surface area contributed by atoms with E-state index < -0.39 is 22.2 Å². The molecule has 0 aliphatic carbocycles. The van der Waals surface area contributed by atoms with Crippen LogP contribution in [0.2, 0.25) is 0 Å². The number of carbonyl (C=O) groups is 2. The lowest BCUT2D eigenvalue weighted by Gasteiger charge is -2.20. The lowest BCUT2D eigenvalue weighted by Crippen LogP contribution is -2.37. The van der Waals surface area contributed by atoms with Crippen LogP contribution in [-0.4, -0.2) is 70.1 Å². The summed E-state index contributed by atoms with van der Waals surface area (Å²) in [4.78, 5) is 28.7. The molecule has 0 bridgehead atoms. The van der Waals surface area contributed by atoms with E-state index in [9.17, 15) is 18.0 Å². The molecular weight excluding hydrogens is 426 g/mol. The van der Waals surface area contributed by atoms with E-state index >= 15 is 0 Å². The van der Waals surface area contributed by atoms with Crippen LogP contribution in [-0.2, 0) is 46.6 Å². The van der Waals surface area contributed by atoms with Gasteiger partial charge in [-0.25, -0.2) is 0 Å². The van der Waals surface area contributed by atoms with Crippen molar-refractivity contribution in [3.63, 3.8) is 0 Å². The van der Waals surface area contributed by atoms with E-state index in [2.05, 4.69) is 9.71 Å². The van der Waals surface area contributed by atoms with Crippen LogP contribution < -0.4 is 4.72 Å². The van der Waals surface area contributed by atoms with Gasteiger partial charge in [0, 0.05) is 30.7 Å². The van der Waals surface area contributed by atoms with Gasteiger partial charge in [-0.05, 0) is 43.5 Å². The molecule has 2 aromatic rings. The minimum Gasteiger partial charge on any atom is -0.465 e. The van der Waals surface area contributed by atoms with Crippen molar-refractivity contribution < 1.29 is 31.7 Å². The molecule has 11 heteroatoms. The van der Waals surface area contributed by atoms with Crippen LogP contribution >= 0.6 is 0 Å². The lowest BCUT2D eigenvalue weighted by atomic mass is 10.1. The van der Waals surface area contributed by atoms with E-state index in [1.54, 1.807) is 24.8 Å². The number of hydrogen-bond donors (Lipinski definition) is 2. The fraction of sp³-hybridized carbons (Fsp3) is 0.500. The molecule has 0 spiro atoms. The second-order valence-corrected chi connectivity index (χ2v) is 8.24. The maximum absolute atomic E-state index is 11.9. The Kier molecular flexibility index (Phi) is 9.44. The number of rotatable bonds is 13. The Balaban J connectivity index is 2.10. The Morgan fingerprint density at radius 3 is 2.32 bits per heavy atom. The average Bonchev–Trinajstić information content (AvgIpc) is 3.13. The molecule has 0 aliphatic heterocycles. The molecular formula is C20H29N3O7S. The quantitative estimate of drug-likeness (QED) is 0.430. The van der Waals surface area contributed by atoms with Crippen molar-refractivity contribution in [2.45, 2.75) is 26.9 Å². The zero-order valence-electron chi connectivity index (χ0n) is 18.0. The summed E-state index contributed by atoms with van der Waals surface area (Å²) in [7, 11) is -2.50. The van der Waals surface area contributed by atoms with Gasteiger partial charge in [0.05, 0.1) is 32.9 Å². The molecule has 2 N–H and O–H groups in total. The summed E-state index contributed by atoms with van der Waals surface area (Å²) in [5, 5.41) is 0.912. The highest BCUT2D eigenvalue weighted by molar-refractivity contribution is 7.84. The van der Waals surface area contributed by atoms with E-state index in [0.29, 0.717) is 18.5 Å². The maximum atomic E-state index is 11.9. The summed E-state index contributed by atoms with van der Waals surface area (Å²) in [5.41, 5.74) is 2.55. The van der Waals surface area contributed by atoms with Crippen LogP contribution in [0.5, 0.6) is 0 Å². The predicted molar refractivity (Wildman–Crippen MR) is 114 cm³/mol. The molecule has 10 nitrogen and oxygen atoms in total. The molecule has 31 heavy (non-hydrogen) atoms. The van der Waals surface area contributed by atoms with Gasteiger partial charge < -0.3 is 14.5 Å². The average molecular weight is 456 g/mol. The summed E-state index contributed by atoms with van der Waals surface area (Å²) in [6.07, 6.45) is 2.41. The summed E-state index contributed by atoms with van der Waals surface area (Å²) in [5.74, 6) is -0.813. The van der Waals surface area contributed by atoms with E-state index in [4.69, 9.17) is 13.7 Å². The number of hydrogen-bond acceptors (Lipinski definition) is 8. The Bertz CT molecular complexity index is 968. The molecule has 0 atom stereocenters.